The van der Waals surface area contributed by atoms with Crippen LogP contribution in [-0.2, 0) is 4.74 Å². The van der Waals surface area contributed by atoms with Gasteiger partial charge in [0.25, 0.3) is 0 Å². The van der Waals surface area contributed by atoms with Gasteiger partial charge in [0.2, 0.25) is 5.76 Å². The molecule has 0 radical (unpaired) electrons. The molecule has 0 aromatic rings. The van der Waals surface area contributed by atoms with Crippen molar-refractivity contribution in [2.45, 2.75) is 6.18 Å². The summed E-state index contributed by atoms with van der Waals surface area (Å²) in [6, 6.07) is 0. The molecular formula is C4H4F3NO. The normalized spacial score (nSPS) is 18.3. The molecule has 1 N–H and O–H groups in total. The lowest BCUT2D eigenvalue weighted by Gasteiger charge is -2.04. The van der Waals surface area contributed by atoms with Gasteiger partial charge in [0.1, 0.15) is 0 Å². The van der Waals surface area contributed by atoms with Gasteiger partial charge < -0.3 is 10.1 Å². The van der Waals surface area contributed by atoms with E-state index in [1.807, 2.05) is 0 Å². The van der Waals surface area contributed by atoms with Gasteiger partial charge in [-0.2, -0.15) is 13.2 Å². The quantitative estimate of drug-likeness (QED) is 0.539. The SMILES string of the molecule is FC(F)(F)C1=CNCO1. The van der Waals surface area contributed by atoms with Gasteiger partial charge in [0.15, 0.2) is 6.73 Å². The minimum absolute atomic E-state index is 0.0884. The van der Waals surface area contributed by atoms with Gasteiger partial charge in [0.05, 0.1) is 0 Å². The van der Waals surface area contributed by atoms with E-state index < -0.39 is 11.9 Å². The minimum Gasteiger partial charge on any atom is -0.467 e. The molecule has 0 amide bonds. The summed E-state index contributed by atoms with van der Waals surface area (Å²) in [6.45, 7) is -0.0884. The van der Waals surface area contributed by atoms with Crippen molar-refractivity contribution in [1.29, 1.82) is 0 Å². The highest BCUT2D eigenvalue weighted by Gasteiger charge is 2.37. The second-order valence-corrected chi connectivity index (χ2v) is 1.50. The first-order valence-electron chi connectivity index (χ1n) is 2.24. The molecule has 0 fully saturated rings. The Bertz CT molecular complexity index is 139. The van der Waals surface area contributed by atoms with Crippen molar-refractivity contribution in [3.8, 4) is 0 Å². The maximum absolute atomic E-state index is 11.5. The minimum atomic E-state index is -4.34. The Morgan fingerprint density at radius 1 is 1.56 bits per heavy atom. The third-order valence-electron chi connectivity index (χ3n) is 0.824. The van der Waals surface area contributed by atoms with Gasteiger partial charge in [-0.3, -0.25) is 0 Å². The zero-order chi connectivity index (χ0) is 6.91. The Morgan fingerprint density at radius 2 is 2.22 bits per heavy atom. The highest BCUT2D eigenvalue weighted by Crippen LogP contribution is 2.26. The van der Waals surface area contributed by atoms with Crippen molar-refractivity contribution in [1.82, 2.24) is 5.32 Å². The number of allylic oxidation sites excluding steroid dienone is 1. The average Bonchev–Trinajstić information content (AvgIpc) is 2.08. The van der Waals surface area contributed by atoms with Crippen molar-refractivity contribution in [3.63, 3.8) is 0 Å². The predicted octanol–water partition coefficient (Wildman–Crippen LogP) is 0.967. The Kier molecular flexibility index (Phi) is 1.27. The van der Waals surface area contributed by atoms with E-state index in [4.69, 9.17) is 0 Å². The van der Waals surface area contributed by atoms with Crippen LogP contribution in [0.1, 0.15) is 0 Å². The van der Waals surface area contributed by atoms with Crippen molar-refractivity contribution in [2.24, 2.45) is 0 Å². The van der Waals surface area contributed by atoms with Gasteiger partial charge in [-0.05, 0) is 0 Å². The van der Waals surface area contributed by atoms with Crippen molar-refractivity contribution >= 4 is 0 Å². The van der Waals surface area contributed by atoms with E-state index in [1.54, 1.807) is 0 Å². The standard InChI is InChI=1S/C4H4F3NO/c5-4(6,7)3-1-8-2-9-3/h1,8H,2H2. The van der Waals surface area contributed by atoms with Crippen molar-refractivity contribution in [3.05, 3.63) is 12.0 Å². The maximum atomic E-state index is 11.5. The monoisotopic (exact) mass is 139 g/mol. The van der Waals surface area contributed by atoms with E-state index in [9.17, 15) is 13.2 Å². The zero-order valence-corrected chi connectivity index (χ0v) is 4.33. The van der Waals surface area contributed by atoms with Crippen LogP contribution in [0, 0.1) is 0 Å². The third-order valence-corrected chi connectivity index (χ3v) is 0.824. The lowest BCUT2D eigenvalue weighted by Crippen LogP contribution is -2.11. The smallest absolute Gasteiger partial charge is 0.450 e. The molecule has 0 saturated carbocycles. The van der Waals surface area contributed by atoms with Crippen LogP contribution in [0.5, 0.6) is 0 Å². The largest absolute Gasteiger partial charge is 0.467 e. The molecule has 0 aliphatic carbocycles. The number of hydrogen-bond donors (Lipinski definition) is 1. The Labute approximate surface area is 49.3 Å². The molecule has 1 rings (SSSR count). The summed E-state index contributed by atoms with van der Waals surface area (Å²) in [6.07, 6.45) is -3.54. The van der Waals surface area contributed by atoms with Crippen LogP contribution in [0.15, 0.2) is 12.0 Å². The van der Waals surface area contributed by atoms with Crippen LogP contribution >= 0.6 is 0 Å². The van der Waals surface area contributed by atoms with Crippen LogP contribution in [0.4, 0.5) is 13.2 Å². The van der Waals surface area contributed by atoms with Gasteiger partial charge in [0, 0.05) is 6.20 Å². The topological polar surface area (TPSA) is 21.3 Å². The molecule has 1 heterocycles. The molecule has 52 valence electrons. The zero-order valence-electron chi connectivity index (χ0n) is 4.33. The van der Waals surface area contributed by atoms with E-state index in [-0.39, 0.29) is 6.73 Å². The first kappa shape index (κ1) is 6.25. The maximum Gasteiger partial charge on any atom is 0.450 e. The highest BCUT2D eigenvalue weighted by atomic mass is 19.4. The molecule has 0 saturated heterocycles. The third kappa shape index (κ3) is 1.28. The summed E-state index contributed by atoms with van der Waals surface area (Å²) in [5.74, 6) is -0.956. The van der Waals surface area contributed by atoms with Gasteiger partial charge in [-0.15, -0.1) is 0 Å². The Morgan fingerprint density at radius 3 is 2.44 bits per heavy atom. The van der Waals surface area contributed by atoms with Crippen LogP contribution in [-0.4, -0.2) is 12.9 Å². The fraction of sp³-hybridized carbons (Fsp3) is 0.500. The lowest BCUT2D eigenvalue weighted by atomic mass is 10.5. The first-order chi connectivity index (χ1) is 4.11. The summed E-state index contributed by atoms with van der Waals surface area (Å²) in [5, 5.41) is 2.27. The van der Waals surface area contributed by atoms with E-state index in [0.717, 1.165) is 6.20 Å². The molecule has 0 atom stereocenters. The molecule has 1 aliphatic rings. The molecule has 5 heteroatoms. The van der Waals surface area contributed by atoms with Crippen molar-refractivity contribution in [2.75, 3.05) is 6.73 Å². The summed E-state index contributed by atoms with van der Waals surface area (Å²) < 4.78 is 38.7. The van der Waals surface area contributed by atoms with Gasteiger partial charge >= 0.3 is 6.18 Å². The number of halogens is 3. The van der Waals surface area contributed by atoms with E-state index in [1.165, 1.54) is 0 Å². The number of hydrogen-bond acceptors (Lipinski definition) is 2. The van der Waals surface area contributed by atoms with Crippen LogP contribution in [0.3, 0.4) is 0 Å². The van der Waals surface area contributed by atoms with Crippen LogP contribution < -0.4 is 5.32 Å². The molecule has 9 heavy (non-hydrogen) atoms. The molecule has 1 aliphatic heterocycles. The lowest BCUT2D eigenvalue weighted by molar-refractivity contribution is -0.126. The van der Waals surface area contributed by atoms with Crippen LogP contribution in [0.2, 0.25) is 0 Å². The molecule has 0 aromatic heterocycles. The fourth-order valence-corrected chi connectivity index (χ4v) is 0.459. The average molecular weight is 139 g/mol. The molecule has 2 nitrogen and oxygen atoms in total. The Hall–Kier alpha value is -0.870. The number of alkyl halides is 3. The molecular weight excluding hydrogens is 135 g/mol. The second kappa shape index (κ2) is 1.82. The fourth-order valence-electron chi connectivity index (χ4n) is 0.459. The number of ether oxygens (including phenoxy) is 1. The molecule has 0 unspecified atom stereocenters. The van der Waals surface area contributed by atoms with E-state index >= 15 is 0 Å². The predicted molar refractivity (Wildman–Crippen MR) is 23.2 cm³/mol. The second-order valence-electron chi connectivity index (χ2n) is 1.50. The van der Waals surface area contributed by atoms with Crippen molar-refractivity contribution < 1.29 is 17.9 Å². The van der Waals surface area contributed by atoms with E-state index in [0.29, 0.717) is 0 Å². The number of rotatable bonds is 0. The molecule has 0 bridgehead atoms. The first-order valence-corrected chi connectivity index (χ1v) is 2.24. The Balaban J connectivity index is 2.61. The summed E-state index contributed by atoms with van der Waals surface area (Å²) in [7, 11) is 0. The van der Waals surface area contributed by atoms with E-state index in [2.05, 4.69) is 10.1 Å². The highest BCUT2D eigenvalue weighted by molar-refractivity contribution is 5.01. The van der Waals surface area contributed by atoms with Gasteiger partial charge in [-0.1, -0.05) is 0 Å². The summed E-state index contributed by atoms with van der Waals surface area (Å²) >= 11 is 0. The summed E-state index contributed by atoms with van der Waals surface area (Å²) in [4.78, 5) is 0. The summed E-state index contributed by atoms with van der Waals surface area (Å²) in [5.41, 5.74) is 0. The molecule has 0 spiro atoms. The number of nitrogens with one attached hydrogen (secondary N) is 1. The van der Waals surface area contributed by atoms with Gasteiger partial charge in [-0.25, -0.2) is 0 Å². The van der Waals surface area contributed by atoms with Crippen LogP contribution in [0.25, 0.3) is 0 Å². The molecule has 0 aromatic carbocycles.